The molecule has 0 aliphatic carbocycles. The highest BCUT2D eigenvalue weighted by atomic mass is 79.9. The maximum atomic E-state index is 14.3. The van der Waals surface area contributed by atoms with Gasteiger partial charge in [-0.2, -0.15) is 0 Å². The normalized spacial score (nSPS) is 28.0. The van der Waals surface area contributed by atoms with E-state index in [9.17, 15) is 19.5 Å². The summed E-state index contributed by atoms with van der Waals surface area (Å²) in [6, 6.07) is 13.6. The number of hydrogen-bond acceptors (Lipinski definition) is 5. The molecule has 2 fully saturated rings. The van der Waals surface area contributed by atoms with Crippen LogP contribution < -0.4 is 9.80 Å². The molecule has 36 heavy (non-hydrogen) atoms. The standard InChI is InChI=1S/C27H33BrN2O5Si/c1-17-25(36(2,3)34)23(11-13-31)35-27(17)21-15-19(28)9-10-22(21)30(26(27)33)16-18-6-4-7-20(14-18)29-12-5-8-24(29)32/h4,6-7,9-10,14-15,17,23,25,31,34H,5,8,11-13,16H2,1-3H3/t17-,23+,25-,27+/m0/s1. The zero-order chi connectivity index (χ0) is 25.8. The van der Waals surface area contributed by atoms with Crippen molar-refractivity contribution in [1.82, 2.24) is 0 Å². The summed E-state index contributed by atoms with van der Waals surface area (Å²) in [6.07, 6.45) is 1.39. The first-order valence-electron chi connectivity index (χ1n) is 12.6. The van der Waals surface area contributed by atoms with Crippen LogP contribution in [-0.4, -0.2) is 49.3 Å². The molecule has 9 heteroatoms. The Hall–Kier alpha value is -2.04. The Morgan fingerprint density at radius 3 is 2.64 bits per heavy atom. The summed E-state index contributed by atoms with van der Waals surface area (Å²) in [5, 5.41) is 9.74. The third kappa shape index (κ3) is 4.05. The van der Waals surface area contributed by atoms with Crippen molar-refractivity contribution in [3.8, 4) is 0 Å². The van der Waals surface area contributed by atoms with E-state index in [0.29, 0.717) is 25.9 Å². The molecule has 192 valence electrons. The van der Waals surface area contributed by atoms with Crippen LogP contribution in [0.5, 0.6) is 0 Å². The summed E-state index contributed by atoms with van der Waals surface area (Å²) < 4.78 is 7.48. The van der Waals surface area contributed by atoms with Crippen LogP contribution >= 0.6 is 15.9 Å². The summed E-state index contributed by atoms with van der Waals surface area (Å²) in [5.41, 5.74) is 1.94. The number of fused-ring (bicyclic) bond motifs is 2. The van der Waals surface area contributed by atoms with E-state index in [-0.39, 0.29) is 29.9 Å². The highest BCUT2D eigenvalue weighted by Crippen LogP contribution is 2.60. The minimum atomic E-state index is -2.73. The first kappa shape index (κ1) is 25.6. The van der Waals surface area contributed by atoms with E-state index in [0.717, 1.165) is 33.4 Å². The SMILES string of the molecule is C[C@H]1[C@H]([Si](C)(C)O)[C@@H](CCO)O[C@]12C(=O)N(Cc1cccc(N3CCCC3=O)c1)c1ccc(Br)cc12. The number of carbonyl (C=O) groups excluding carboxylic acids is 2. The lowest BCUT2D eigenvalue weighted by Gasteiger charge is -2.32. The van der Waals surface area contributed by atoms with Gasteiger partial charge in [-0.15, -0.1) is 0 Å². The molecule has 4 atom stereocenters. The molecule has 2 amide bonds. The average Bonchev–Trinajstić information content (AvgIpc) is 3.44. The Kier molecular flexibility index (Phi) is 6.66. The van der Waals surface area contributed by atoms with Gasteiger partial charge in [0.25, 0.3) is 5.91 Å². The molecule has 2 aromatic carbocycles. The van der Waals surface area contributed by atoms with Gasteiger partial charge in [-0.05, 0) is 61.8 Å². The average molecular weight is 574 g/mol. The highest BCUT2D eigenvalue weighted by Gasteiger charge is 2.66. The summed E-state index contributed by atoms with van der Waals surface area (Å²) in [6.45, 7) is 6.75. The Morgan fingerprint density at radius 1 is 1.19 bits per heavy atom. The fourth-order valence-electron chi connectivity index (χ4n) is 6.53. The van der Waals surface area contributed by atoms with E-state index in [2.05, 4.69) is 15.9 Å². The van der Waals surface area contributed by atoms with E-state index in [1.54, 1.807) is 4.90 Å². The van der Waals surface area contributed by atoms with E-state index in [1.165, 1.54) is 0 Å². The van der Waals surface area contributed by atoms with Crippen LogP contribution in [0.3, 0.4) is 0 Å². The molecule has 0 aromatic heterocycles. The zero-order valence-electron chi connectivity index (χ0n) is 20.9. The molecule has 0 saturated carbocycles. The molecule has 0 bridgehead atoms. The van der Waals surface area contributed by atoms with Crippen LogP contribution in [0.1, 0.15) is 37.3 Å². The lowest BCUT2D eigenvalue weighted by Crippen LogP contribution is -2.46. The van der Waals surface area contributed by atoms with Crippen molar-refractivity contribution in [3.63, 3.8) is 0 Å². The van der Waals surface area contributed by atoms with Gasteiger partial charge in [-0.1, -0.05) is 35.0 Å². The molecule has 3 heterocycles. The van der Waals surface area contributed by atoms with Gasteiger partial charge in [0.2, 0.25) is 5.91 Å². The van der Waals surface area contributed by atoms with E-state index in [4.69, 9.17) is 4.74 Å². The predicted octanol–water partition coefficient (Wildman–Crippen LogP) is 4.30. The Balaban J connectivity index is 1.55. The molecule has 1 spiro atoms. The first-order chi connectivity index (χ1) is 17.1. The Bertz CT molecular complexity index is 1200. The maximum Gasteiger partial charge on any atom is 0.264 e. The summed E-state index contributed by atoms with van der Waals surface area (Å²) >= 11 is 3.57. The van der Waals surface area contributed by atoms with Crippen LogP contribution in [0.15, 0.2) is 46.9 Å². The monoisotopic (exact) mass is 572 g/mol. The number of benzene rings is 2. The molecule has 3 aliphatic rings. The second-order valence-corrected chi connectivity index (χ2v) is 15.6. The molecule has 2 aromatic rings. The Morgan fingerprint density at radius 2 is 1.97 bits per heavy atom. The number of halogens is 1. The van der Waals surface area contributed by atoms with Crippen LogP contribution in [0, 0.1) is 5.92 Å². The summed E-state index contributed by atoms with van der Waals surface area (Å²) in [7, 11) is -2.73. The van der Waals surface area contributed by atoms with Gasteiger partial charge in [0, 0.05) is 46.8 Å². The molecule has 2 N–H and O–H groups in total. The molecule has 0 radical (unpaired) electrons. The van der Waals surface area contributed by atoms with Crippen molar-refractivity contribution < 1.29 is 24.2 Å². The molecule has 5 rings (SSSR count). The number of ether oxygens (including phenoxy) is 1. The van der Waals surface area contributed by atoms with Crippen molar-refractivity contribution in [2.45, 2.75) is 63.1 Å². The quantitative estimate of drug-likeness (QED) is 0.503. The number of hydrogen-bond donors (Lipinski definition) is 2. The van der Waals surface area contributed by atoms with Crippen LogP contribution in [-0.2, 0) is 26.5 Å². The number of nitrogens with zero attached hydrogens (tertiary/aromatic N) is 2. The molecule has 7 nitrogen and oxygen atoms in total. The third-order valence-corrected chi connectivity index (χ3v) is 11.0. The van der Waals surface area contributed by atoms with Crippen molar-refractivity contribution >= 4 is 47.4 Å². The third-order valence-electron chi connectivity index (χ3n) is 8.00. The van der Waals surface area contributed by atoms with Gasteiger partial charge < -0.3 is 24.4 Å². The predicted molar refractivity (Wildman–Crippen MR) is 144 cm³/mol. The van der Waals surface area contributed by atoms with Gasteiger partial charge >= 0.3 is 0 Å². The first-order valence-corrected chi connectivity index (χ1v) is 16.4. The minimum absolute atomic E-state index is 0.0697. The van der Waals surface area contributed by atoms with Crippen molar-refractivity contribution in [2.75, 3.05) is 23.0 Å². The van der Waals surface area contributed by atoms with Crippen molar-refractivity contribution in [3.05, 3.63) is 58.1 Å². The van der Waals surface area contributed by atoms with Gasteiger partial charge in [0.05, 0.1) is 18.3 Å². The van der Waals surface area contributed by atoms with Crippen molar-refractivity contribution in [2.24, 2.45) is 5.92 Å². The summed E-state index contributed by atoms with van der Waals surface area (Å²) in [4.78, 5) is 41.4. The molecule has 0 unspecified atom stereocenters. The number of aliphatic hydroxyl groups is 1. The van der Waals surface area contributed by atoms with E-state index in [1.807, 2.05) is 67.4 Å². The van der Waals surface area contributed by atoms with Crippen molar-refractivity contribution in [1.29, 1.82) is 0 Å². The largest absolute Gasteiger partial charge is 0.432 e. The Labute approximate surface area is 221 Å². The minimum Gasteiger partial charge on any atom is -0.432 e. The number of amides is 2. The fraction of sp³-hybridized carbons (Fsp3) is 0.481. The van der Waals surface area contributed by atoms with E-state index >= 15 is 0 Å². The lowest BCUT2D eigenvalue weighted by molar-refractivity contribution is -0.146. The lowest BCUT2D eigenvalue weighted by atomic mass is 9.82. The molecular formula is C27H33BrN2O5Si. The molecular weight excluding hydrogens is 540 g/mol. The highest BCUT2D eigenvalue weighted by molar-refractivity contribution is 9.10. The van der Waals surface area contributed by atoms with Gasteiger partial charge in [0.1, 0.15) is 0 Å². The number of aliphatic hydroxyl groups excluding tert-OH is 1. The molecule has 2 saturated heterocycles. The second kappa shape index (κ2) is 9.36. The summed E-state index contributed by atoms with van der Waals surface area (Å²) in [5.74, 6) is -0.280. The second-order valence-electron chi connectivity index (χ2n) is 10.7. The fourth-order valence-corrected chi connectivity index (χ4v) is 9.49. The van der Waals surface area contributed by atoms with Gasteiger partial charge in [0.15, 0.2) is 13.9 Å². The maximum absolute atomic E-state index is 14.3. The topological polar surface area (TPSA) is 90.3 Å². The smallest absolute Gasteiger partial charge is 0.264 e. The van der Waals surface area contributed by atoms with E-state index < -0.39 is 20.0 Å². The molecule has 3 aliphatic heterocycles. The van der Waals surface area contributed by atoms with Crippen LogP contribution in [0.25, 0.3) is 0 Å². The number of carbonyl (C=O) groups is 2. The number of rotatable bonds is 6. The van der Waals surface area contributed by atoms with Gasteiger partial charge in [-0.25, -0.2) is 0 Å². The van der Waals surface area contributed by atoms with Gasteiger partial charge in [-0.3, -0.25) is 9.59 Å². The van der Waals surface area contributed by atoms with Crippen LogP contribution in [0.4, 0.5) is 11.4 Å². The number of anilines is 2. The zero-order valence-corrected chi connectivity index (χ0v) is 23.5. The van der Waals surface area contributed by atoms with Crippen LogP contribution in [0.2, 0.25) is 18.6 Å².